The van der Waals surface area contributed by atoms with E-state index in [4.69, 9.17) is 10.2 Å². The van der Waals surface area contributed by atoms with Crippen molar-refractivity contribution in [3.8, 4) is 33.7 Å². The van der Waals surface area contributed by atoms with Crippen molar-refractivity contribution in [3.05, 3.63) is 84.0 Å². The van der Waals surface area contributed by atoms with Gasteiger partial charge in [0.25, 0.3) is 11.8 Å². The third-order valence-electron chi connectivity index (χ3n) is 6.29. The lowest BCUT2D eigenvalue weighted by atomic mass is 9.94. The number of nitrogens with zero attached hydrogens (tertiary/aromatic N) is 3. The minimum Gasteiger partial charge on any atom is -0.419 e. The molecule has 4 aromatic rings. The van der Waals surface area contributed by atoms with Crippen molar-refractivity contribution < 1.29 is 22.4 Å². The fourth-order valence-electron chi connectivity index (χ4n) is 4.25. The van der Waals surface area contributed by atoms with E-state index < -0.39 is 5.92 Å². The molecule has 1 amide bonds. The Balaban J connectivity index is 1.45. The van der Waals surface area contributed by atoms with Crippen molar-refractivity contribution in [3.63, 3.8) is 0 Å². The summed E-state index contributed by atoms with van der Waals surface area (Å²) in [5.41, 5.74) is 9.94. The van der Waals surface area contributed by atoms with Crippen LogP contribution in [0.1, 0.15) is 29.1 Å². The summed E-state index contributed by atoms with van der Waals surface area (Å²) in [4.78, 5) is 14.2. The van der Waals surface area contributed by atoms with Crippen LogP contribution in [0, 0.1) is 5.82 Å². The number of hydrogen-bond acceptors (Lipinski definition) is 5. The number of piperidine rings is 1. The zero-order valence-electron chi connectivity index (χ0n) is 19.3. The SMILES string of the molecule is NCc1nnc(-c2ccc(-c3ccc(C(=O)N4CCC(F)(F)CC4)cc3)cc2-c2ccc(F)cc2)o1. The molecular weight excluding hydrogens is 469 g/mol. The first kappa shape index (κ1) is 23.7. The van der Waals surface area contributed by atoms with Crippen molar-refractivity contribution in [1.29, 1.82) is 0 Å². The molecule has 0 bridgehead atoms. The Morgan fingerprint density at radius 1 is 0.889 bits per heavy atom. The highest BCUT2D eigenvalue weighted by molar-refractivity contribution is 5.95. The Hall–Kier alpha value is -3.98. The van der Waals surface area contributed by atoms with Gasteiger partial charge in [-0.15, -0.1) is 10.2 Å². The third kappa shape index (κ3) is 4.87. The van der Waals surface area contributed by atoms with Crippen LogP contribution in [-0.4, -0.2) is 40.0 Å². The number of halogens is 3. The molecule has 36 heavy (non-hydrogen) atoms. The van der Waals surface area contributed by atoms with Crippen LogP contribution >= 0.6 is 0 Å². The molecule has 9 heteroatoms. The molecule has 6 nitrogen and oxygen atoms in total. The van der Waals surface area contributed by atoms with E-state index >= 15 is 0 Å². The molecule has 0 unspecified atom stereocenters. The van der Waals surface area contributed by atoms with E-state index in [0.717, 1.165) is 22.3 Å². The van der Waals surface area contributed by atoms with Gasteiger partial charge < -0.3 is 15.1 Å². The number of carbonyl (C=O) groups is 1. The number of carbonyl (C=O) groups excluding carboxylic acids is 1. The summed E-state index contributed by atoms with van der Waals surface area (Å²) < 4.78 is 46.1. The first-order valence-corrected chi connectivity index (χ1v) is 11.5. The Kier molecular flexibility index (Phi) is 6.32. The van der Waals surface area contributed by atoms with Crippen LogP contribution in [-0.2, 0) is 6.54 Å². The molecule has 5 rings (SSSR count). The Bertz CT molecular complexity index is 1380. The topological polar surface area (TPSA) is 85.2 Å². The van der Waals surface area contributed by atoms with E-state index in [0.29, 0.717) is 22.9 Å². The van der Waals surface area contributed by atoms with E-state index in [1.807, 2.05) is 30.3 Å². The summed E-state index contributed by atoms with van der Waals surface area (Å²) in [6.07, 6.45) is -0.635. The third-order valence-corrected chi connectivity index (χ3v) is 6.29. The van der Waals surface area contributed by atoms with Crippen LogP contribution in [0.4, 0.5) is 13.2 Å². The molecule has 3 aromatic carbocycles. The summed E-state index contributed by atoms with van der Waals surface area (Å²) in [6.45, 7) is 0.192. The number of hydrogen-bond donors (Lipinski definition) is 1. The monoisotopic (exact) mass is 492 g/mol. The highest BCUT2D eigenvalue weighted by atomic mass is 19.3. The molecule has 0 aliphatic carbocycles. The largest absolute Gasteiger partial charge is 0.419 e. The van der Waals surface area contributed by atoms with Gasteiger partial charge in [-0.2, -0.15) is 0 Å². The van der Waals surface area contributed by atoms with E-state index in [-0.39, 0.29) is 44.2 Å². The van der Waals surface area contributed by atoms with E-state index in [1.54, 1.807) is 24.3 Å². The normalized spacial score (nSPS) is 15.2. The number of rotatable bonds is 5. The fraction of sp³-hybridized carbons (Fsp3) is 0.222. The first-order chi connectivity index (χ1) is 17.3. The summed E-state index contributed by atoms with van der Waals surface area (Å²) >= 11 is 0. The lowest BCUT2D eigenvalue weighted by molar-refractivity contribution is -0.0494. The summed E-state index contributed by atoms with van der Waals surface area (Å²) in [6, 6.07) is 18.8. The summed E-state index contributed by atoms with van der Waals surface area (Å²) in [5.74, 6) is -2.71. The van der Waals surface area contributed by atoms with Crippen molar-refractivity contribution in [2.45, 2.75) is 25.3 Å². The van der Waals surface area contributed by atoms with Gasteiger partial charge in [0.1, 0.15) is 5.82 Å². The number of alkyl halides is 2. The highest BCUT2D eigenvalue weighted by Crippen LogP contribution is 2.36. The predicted octanol–water partition coefficient (Wildman–Crippen LogP) is 5.54. The highest BCUT2D eigenvalue weighted by Gasteiger charge is 2.35. The van der Waals surface area contributed by atoms with E-state index in [9.17, 15) is 18.0 Å². The Morgan fingerprint density at radius 2 is 1.53 bits per heavy atom. The second-order valence-corrected chi connectivity index (χ2v) is 8.70. The smallest absolute Gasteiger partial charge is 0.253 e. The van der Waals surface area contributed by atoms with Crippen LogP contribution in [0.2, 0.25) is 0 Å². The fourth-order valence-corrected chi connectivity index (χ4v) is 4.25. The van der Waals surface area contributed by atoms with Gasteiger partial charge >= 0.3 is 0 Å². The molecule has 1 aromatic heterocycles. The van der Waals surface area contributed by atoms with Crippen LogP contribution in [0.25, 0.3) is 33.7 Å². The van der Waals surface area contributed by atoms with Crippen molar-refractivity contribution in [1.82, 2.24) is 15.1 Å². The summed E-state index contributed by atoms with van der Waals surface area (Å²) in [7, 11) is 0. The zero-order valence-corrected chi connectivity index (χ0v) is 19.3. The molecule has 2 N–H and O–H groups in total. The van der Waals surface area contributed by atoms with Gasteiger partial charge in [-0.1, -0.05) is 30.3 Å². The second-order valence-electron chi connectivity index (χ2n) is 8.70. The molecule has 2 heterocycles. The average Bonchev–Trinajstić information content (AvgIpc) is 3.38. The van der Waals surface area contributed by atoms with Crippen LogP contribution in [0.5, 0.6) is 0 Å². The molecule has 1 aliphatic heterocycles. The maximum atomic E-state index is 13.6. The second kappa shape index (κ2) is 9.58. The van der Waals surface area contributed by atoms with Crippen LogP contribution in [0.15, 0.2) is 71.1 Å². The average molecular weight is 493 g/mol. The molecule has 0 saturated carbocycles. The Morgan fingerprint density at radius 3 is 2.17 bits per heavy atom. The van der Waals surface area contributed by atoms with E-state index in [1.165, 1.54) is 17.0 Å². The quantitative estimate of drug-likeness (QED) is 0.395. The van der Waals surface area contributed by atoms with Crippen molar-refractivity contribution in [2.24, 2.45) is 5.73 Å². The molecule has 1 fully saturated rings. The maximum Gasteiger partial charge on any atom is 0.253 e. The minimum absolute atomic E-state index is 0.0393. The lowest BCUT2D eigenvalue weighted by Crippen LogP contribution is -2.42. The number of aromatic nitrogens is 2. The molecular formula is C27H23F3N4O2. The maximum absolute atomic E-state index is 13.6. The predicted molar refractivity (Wildman–Crippen MR) is 129 cm³/mol. The molecule has 1 aliphatic rings. The van der Waals surface area contributed by atoms with Crippen LogP contribution < -0.4 is 5.73 Å². The van der Waals surface area contributed by atoms with Crippen molar-refractivity contribution >= 4 is 5.91 Å². The van der Waals surface area contributed by atoms with Gasteiger partial charge in [0.15, 0.2) is 0 Å². The number of nitrogens with two attached hydrogens (primary N) is 1. The summed E-state index contributed by atoms with van der Waals surface area (Å²) in [5, 5.41) is 8.02. The van der Waals surface area contributed by atoms with E-state index in [2.05, 4.69) is 10.2 Å². The zero-order chi connectivity index (χ0) is 25.3. The van der Waals surface area contributed by atoms with Gasteiger partial charge in [-0.05, 0) is 58.7 Å². The molecule has 0 radical (unpaired) electrons. The van der Waals surface area contributed by atoms with Gasteiger partial charge in [0.05, 0.1) is 6.54 Å². The number of benzene rings is 3. The van der Waals surface area contributed by atoms with Gasteiger partial charge in [-0.25, -0.2) is 13.2 Å². The first-order valence-electron chi connectivity index (χ1n) is 11.5. The van der Waals surface area contributed by atoms with Gasteiger partial charge in [0, 0.05) is 37.1 Å². The number of likely N-dealkylation sites (tertiary alicyclic amines) is 1. The molecule has 0 spiro atoms. The van der Waals surface area contributed by atoms with Gasteiger partial charge in [0.2, 0.25) is 11.8 Å². The minimum atomic E-state index is -2.71. The lowest BCUT2D eigenvalue weighted by Gasteiger charge is -2.31. The van der Waals surface area contributed by atoms with Crippen molar-refractivity contribution in [2.75, 3.05) is 13.1 Å². The molecule has 1 saturated heterocycles. The van der Waals surface area contributed by atoms with Crippen LogP contribution in [0.3, 0.4) is 0 Å². The molecule has 184 valence electrons. The standard InChI is InChI=1S/C27H23F3N4O2/c28-21-8-5-18(6-9-21)23-15-20(7-10-22(23)25-33-32-24(16-31)36-25)17-1-3-19(4-2-17)26(35)34-13-11-27(29,30)12-14-34/h1-10,15H,11-14,16,31H2. The van der Waals surface area contributed by atoms with Gasteiger partial charge in [-0.3, -0.25) is 4.79 Å². The number of amides is 1. The Labute approximate surface area is 205 Å². The molecule has 0 atom stereocenters.